The van der Waals surface area contributed by atoms with Gasteiger partial charge in [-0.15, -0.1) is 11.3 Å². The van der Waals surface area contributed by atoms with Gasteiger partial charge < -0.3 is 15.1 Å². The quantitative estimate of drug-likeness (QED) is 0.425. The number of thiophene rings is 1. The molecule has 34 heavy (non-hydrogen) atoms. The van der Waals surface area contributed by atoms with E-state index in [1.807, 2.05) is 30.3 Å². The largest absolute Gasteiger partial charge is 0.355 e. The lowest BCUT2D eigenvalue weighted by molar-refractivity contribution is -0.124. The van der Waals surface area contributed by atoms with Crippen molar-refractivity contribution in [2.24, 2.45) is 0 Å². The molecule has 2 amide bonds. The van der Waals surface area contributed by atoms with Crippen LogP contribution in [0.4, 0.5) is 0 Å². The Morgan fingerprint density at radius 1 is 1.09 bits per heavy atom. The van der Waals surface area contributed by atoms with Crippen LogP contribution in [0.2, 0.25) is 0 Å². The average Bonchev–Trinajstić information content (AvgIpc) is 3.58. The average molecular weight is 482 g/mol. The fourth-order valence-electron chi connectivity index (χ4n) is 5.61. The maximum atomic E-state index is 13.8. The van der Waals surface area contributed by atoms with Crippen molar-refractivity contribution < 1.29 is 9.59 Å². The van der Waals surface area contributed by atoms with Crippen molar-refractivity contribution in [1.29, 1.82) is 0 Å². The fourth-order valence-corrected chi connectivity index (χ4v) is 6.47. The second-order valence-electron chi connectivity index (χ2n) is 9.61. The van der Waals surface area contributed by atoms with E-state index >= 15 is 0 Å². The zero-order valence-corrected chi connectivity index (χ0v) is 21.5. The summed E-state index contributed by atoms with van der Waals surface area (Å²) in [7, 11) is 0. The molecule has 0 bridgehead atoms. The van der Waals surface area contributed by atoms with Gasteiger partial charge in [0.05, 0.1) is 12.0 Å². The lowest BCUT2D eigenvalue weighted by atomic mass is 9.80. The van der Waals surface area contributed by atoms with E-state index in [1.54, 1.807) is 11.3 Å². The van der Waals surface area contributed by atoms with Crippen LogP contribution in [0.1, 0.15) is 91.6 Å². The van der Waals surface area contributed by atoms with Crippen LogP contribution in [0, 0.1) is 0 Å². The van der Waals surface area contributed by atoms with Gasteiger partial charge >= 0.3 is 0 Å². The predicted octanol–water partition coefficient (Wildman–Crippen LogP) is 5.60. The van der Waals surface area contributed by atoms with E-state index in [0.717, 1.165) is 62.2 Å². The second kappa shape index (κ2) is 12.0. The highest BCUT2D eigenvalue weighted by Gasteiger charge is 2.47. The third-order valence-corrected chi connectivity index (χ3v) is 8.38. The normalized spacial score (nSPS) is 20.7. The summed E-state index contributed by atoms with van der Waals surface area (Å²) in [6.45, 7) is 8.25. The number of nitrogens with zero attached hydrogens (tertiary/aromatic N) is 2. The van der Waals surface area contributed by atoms with E-state index in [1.165, 1.54) is 12.8 Å². The molecule has 0 radical (unpaired) electrons. The Labute approximate surface area is 208 Å². The van der Waals surface area contributed by atoms with Gasteiger partial charge in [-0.1, -0.05) is 57.4 Å². The number of nitrogens with one attached hydrogen (secondary N) is 1. The van der Waals surface area contributed by atoms with Crippen molar-refractivity contribution in [1.82, 2.24) is 15.1 Å². The van der Waals surface area contributed by atoms with E-state index in [4.69, 9.17) is 0 Å². The molecule has 2 aromatic rings. The molecule has 1 aromatic heterocycles. The Bertz CT molecular complexity index is 939. The molecule has 184 valence electrons. The monoisotopic (exact) mass is 481 g/mol. The lowest BCUT2D eigenvalue weighted by Crippen LogP contribution is -2.50. The van der Waals surface area contributed by atoms with E-state index < -0.39 is 0 Å². The van der Waals surface area contributed by atoms with Crippen LogP contribution in [0.15, 0.2) is 41.8 Å². The number of hydrogen-bond acceptors (Lipinski definition) is 4. The summed E-state index contributed by atoms with van der Waals surface area (Å²) in [5.41, 5.74) is 1.56. The van der Waals surface area contributed by atoms with E-state index in [0.29, 0.717) is 12.1 Å². The highest BCUT2D eigenvalue weighted by atomic mass is 32.1. The maximum absolute atomic E-state index is 13.8. The van der Waals surface area contributed by atoms with Crippen molar-refractivity contribution in [3.05, 3.63) is 57.8 Å². The maximum Gasteiger partial charge on any atom is 0.254 e. The SMILES string of the molecule is CCCCN(CC)CCCNC(=O)[C@H]1c2ccccc2C(=O)N(C2CCCC2)[C@H]1c1cccs1. The first-order valence-electron chi connectivity index (χ1n) is 13.1. The molecule has 0 spiro atoms. The first-order valence-corrected chi connectivity index (χ1v) is 14.0. The molecule has 1 aromatic carbocycles. The molecule has 1 saturated carbocycles. The Kier molecular flexibility index (Phi) is 8.79. The topological polar surface area (TPSA) is 52.7 Å². The van der Waals surface area contributed by atoms with Gasteiger partial charge in [-0.05, 0) is 68.4 Å². The summed E-state index contributed by atoms with van der Waals surface area (Å²) in [6.07, 6.45) is 7.70. The predicted molar refractivity (Wildman–Crippen MR) is 139 cm³/mol. The minimum Gasteiger partial charge on any atom is -0.355 e. The van der Waals surface area contributed by atoms with Gasteiger partial charge in [0.15, 0.2) is 0 Å². The summed E-state index contributed by atoms with van der Waals surface area (Å²) in [5.74, 6) is -0.257. The van der Waals surface area contributed by atoms with Crippen molar-refractivity contribution in [3.63, 3.8) is 0 Å². The van der Waals surface area contributed by atoms with Gasteiger partial charge in [0.25, 0.3) is 5.91 Å². The molecule has 2 atom stereocenters. The summed E-state index contributed by atoms with van der Waals surface area (Å²) in [6, 6.07) is 11.8. The highest BCUT2D eigenvalue weighted by molar-refractivity contribution is 7.10. The molecule has 4 rings (SSSR count). The first-order chi connectivity index (χ1) is 16.7. The van der Waals surface area contributed by atoms with Gasteiger partial charge in [0.2, 0.25) is 5.91 Å². The van der Waals surface area contributed by atoms with Gasteiger partial charge in [0, 0.05) is 23.0 Å². The Hall–Kier alpha value is -2.18. The van der Waals surface area contributed by atoms with E-state index in [2.05, 4.69) is 40.4 Å². The molecule has 0 unspecified atom stereocenters. The molecular weight excluding hydrogens is 442 g/mol. The molecule has 1 aliphatic carbocycles. The van der Waals surface area contributed by atoms with Crippen LogP contribution in [0.3, 0.4) is 0 Å². The number of fused-ring (bicyclic) bond motifs is 1. The zero-order valence-electron chi connectivity index (χ0n) is 20.7. The van der Waals surface area contributed by atoms with Gasteiger partial charge in [-0.25, -0.2) is 0 Å². The number of amides is 2. The van der Waals surface area contributed by atoms with E-state index in [9.17, 15) is 9.59 Å². The van der Waals surface area contributed by atoms with Gasteiger partial charge in [0.1, 0.15) is 0 Å². The van der Waals surface area contributed by atoms with E-state index in [-0.39, 0.29) is 29.8 Å². The van der Waals surface area contributed by atoms with Gasteiger partial charge in [-0.2, -0.15) is 0 Å². The van der Waals surface area contributed by atoms with Crippen LogP contribution < -0.4 is 5.32 Å². The van der Waals surface area contributed by atoms with Crippen LogP contribution in [-0.4, -0.2) is 53.8 Å². The molecule has 0 saturated heterocycles. The minimum absolute atomic E-state index is 0.0398. The third-order valence-electron chi connectivity index (χ3n) is 7.44. The number of carbonyl (C=O) groups excluding carboxylic acids is 2. The van der Waals surface area contributed by atoms with Crippen molar-refractivity contribution >= 4 is 23.2 Å². The smallest absolute Gasteiger partial charge is 0.254 e. The van der Waals surface area contributed by atoms with Crippen molar-refractivity contribution in [2.45, 2.75) is 76.8 Å². The molecule has 1 N–H and O–H groups in total. The van der Waals surface area contributed by atoms with Crippen molar-refractivity contribution in [2.75, 3.05) is 26.2 Å². The number of carbonyl (C=O) groups is 2. The van der Waals surface area contributed by atoms with Crippen LogP contribution in [0.25, 0.3) is 0 Å². The summed E-state index contributed by atoms with van der Waals surface area (Å²) in [4.78, 5) is 33.1. The molecule has 2 heterocycles. The van der Waals surface area contributed by atoms with Gasteiger partial charge in [-0.3, -0.25) is 9.59 Å². The minimum atomic E-state index is -0.379. The molecular formula is C28H39N3O2S. The summed E-state index contributed by atoms with van der Waals surface area (Å²) >= 11 is 1.65. The summed E-state index contributed by atoms with van der Waals surface area (Å²) in [5, 5.41) is 5.30. The highest BCUT2D eigenvalue weighted by Crippen LogP contribution is 2.47. The number of unbranched alkanes of at least 4 members (excludes halogenated alkanes) is 1. The molecule has 1 fully saturated rings. The fraction of sp³-hybridized carbons (Fsp3) is 0.571. The second-order valence-corrected chi connectivity index (χ2v) is 10.6. The molecule has 5 nitrogen and oxygen atoms in total. The number of rotatable bonds is 11. The Balaban J connectivity index is 1.56. The summed E-state index contributed by atoms with van der Waals surface area (Å²) < 4.78 is 0. The molecule has 6 heteroatoms. The zero-order chi connectivity index (χ0) is 23.9. The Morgan fingerprint density at radius 3 is 2.56 bits per heavy atom. The standard InChI is InChI=1S/C28H39N3O2S/c1-3-5-18-30(4-2)19-11-17-29-27(32)25-22-14-8-9-15-23(22)28(33)31(21-12-6-7-13-21)26(25)24-16-10-20-34-24/h8-10,14-16,20-21,25-26H,3-7,11-13,17-19H2,1-2H3,(H,29,32)/t25-,26-/m0/s1. The van der Waals surface area contributed by atoms with Crippen LogP contribution in [-0.2, 0) is 4.79 Å². The molecule has 2 aliphatic rings. The van der Waals surface area contributed by atoms with Crippen LogP contribution in [0.5, 0.6) is 0 Å². The number of hydrogen-bond donors (Lipinski definition) is 1. The number of benzene rings is 1. The lowest BCUT2D eigenvalue weighted by Gasteiger charge is -2.44. The first kappa shape index (κ1) is 24.9. The van der Waals surface area contributed by atoms with Crippen LogP contribution >= 0.6 is 11.3 Å². The Morgan fingerprint density at radius 2 is 1.85 bits per heavy atom. The van der Waals surface area contributed by atoms with Crippen molar-refractivity contribution in [3.8, 4) is 0 Å². The third kappa shape index (κ3) is 5.38. The molecule has 1 aliphatic heterocycles.